The average Bonchev–Trinajstić information content (AvgIpc) is 2.77. The summed E-state index contributed by atoms with van der Waals surface area (Å²) in [6.07, 6.45) is 0. The van der Waals surface area contributed by atoms with Gasteiger partial charge in [0.05, 0.1) is 11.0 Å². The Morgan fingerprint density at radius 3 is 2.74 bits per heavy atom. The number of halogens is 2. The van der Waals surface area contributed by atoms with Crippen molar-refractivity contribution in [1.82, 2.24) is 4.90 Å². The third kappa shape index (κ3) is 3.22. The Labute approximate surface area is 124 Å². The van der Waals surface area contributed by atoms with Gasteiger partial charge in [0.15, 0.2) is 0 Å². The molecule has 0 saturated carbocycles. The largest absolute Gasteiger partial charge is 0.337 e. The SMILES string of the molecule is Cc1ccsc1CN(C)C(=O)c1ccc(F)c(Br)c1. The van der Waals surface area contributed by atoms with Gasteiger partial charge in [0.1, 0.15) is 5.82 Å². The van der Waals surface area contributed by atoms with Gasteiger partial charge < -0.3 is 4.90 Å². The topological polar surface area (TPSA) is 20.3 Å². The maximum absolute atomic E-state index is 13.2. The number of amides is 1. The highest BCUT2D eigenvalue weighted by Crippen LogP contribution is 2.20. The lowest BCUT2D eigenvalue weighted by atomic mass is 10.2. The average molecular weight is 342 g/mol. The summed E-state index contributed by atoms with van der Waals surface area (Å²) in [6.45, 7) is 2.59. The van der Waals surface area contributed by atoms with Crippen LogP contribution in [0.3, 0.4) is 0 Å². The molecule has 1 aromatic heterocycles. The summed E-state index contributed by atoms with van der Waals surface area (Å²) in [6, 6.07) is 6.34. The van der Waals surface area contributed by atoms with E-state index in [9.17, 15) is 9.18 Å². The second-order valence-electron chi connectivity index (χ2n) is 4.32. The Kier molecular flexibility index (Phi) is 4.37. The van der Waals surface area contributed by atoms with Gasteiger partial charge in [-0.1, -0.05) is 0 Å². The van der Waals surface area contributed by atoms with Crippen LogP contribution >= 0.6 is 27.3 Å². The van der Waals surface area contributed by atoms with Crippen molar-refractivity contribution in [2.75, 3.05) is 7.05 Å². The molecule has 0 bridgehead atoms. The number of hydrogen-bond acceptors (Lipinski definition) is 2. The van der Waals surface area contributed by atoms with E-state index in [1.165, 1.54) is 23.8 Å². The molecule has 0 N–H and O–H groups in total. The monoisotopic (exact) mass is 341 g/mol. The molecule has 0 unspecified atom stereocenters. The minimum Gasteiger partial charge on any atom is -0.337 e. The molecular weight excluding hydrogens is 329 g/mol. The van der Waals surface area contributed by atoms with E-state index >= 15 is 0 Å². The van der Waals surface area contributed by atoms with Crippen molar-refractivity contribution < 1.29 is 9.18 Å². The van der Waals surface area contributed by atoms with Gasteiger partial charge in [-0.2, -0.15) is 0 Å². The summed E-state index contributed by atoms with van der Waals surface area (Å²) in [4.78, 5) is 15.0. The summed E-state index contributed by atoms with van der Waals surface area (Å²) in [5, 5.41) is 2.01. The highest BCUT2D eigenvalue weighted by Gasteiger charge is 2.14. The van der Waals surface area contributed by atoms with Gasteiger partial charge >= 0.3 is 0 Å². The first-order valence-electron chi connectivity index (χ1n) is 5.72. The van der Waals surface area contributed by atoms with Gasteiger partial charge in [-0.25, -0.2) is 4.39 Å². The predicted molar refractivity (Wildman–Crippen MR) is 79.0 cm³/mol. The predicted octanol–water partition coefficient (Wildman–Crippen LogP) is 4.23. The zero-order valence-electron chi connectivity index (χ0n) is 10.6. The molecule has 0 spiro atoms. The number of carbonyl (C=O) groups is 1. The van der Waals surface area contributed by atoms with Crippen molar-refractivity contribution in [3.8, 4) is 0 Å². The second-order valence-corrected chi connectivity index (χ2v) is 6.17. The van der Waals surface area contributed by atoms with Crippen molar-refractivity contribution in [3.63, 3.8) is 0 Å². The van der Waals surface area contributed by atoms with E-state index in [4.69, 9.17) is 0 Å². The Balaban J connectivity index is 2.15. The molecule has 1 heterocycles. The molecule has 5 heteroatoms. The summed E-state index contributed by atoms with van der Waals surface area (Å²) < 4.78 is 13.5. The molecule has 0 fully saturated rings. The van der Waals surface area contributed by atoms with Gasteiger partial charge in [0, 0.05) is 17.5 Å². The second kappa shape index (κ2) is 5.84. The molecule has 0 atom stereocenters. The maximum Gasteiger partial charge on any atom is 0.253 e. The first-order valence-corrected chi connectivity index (χ1v) is 7.40. The third-order valence-corrected chi connectivity index (χ3v) is 4.48. The Hall–Kier alpha value is -1.20. The molecule has 2 nitrogen and oxygen atoms in total. The summed E-state index contributed by atoms with van der Waals surface area (Å²) in [7, 11) is 1.75. The van der Waals surface area contributed by atoms with Crippen molar-refractivity contribution in [2.24, 2.45) is 0 Å². The Bertz CT molecular complexity index is 611. The molecule has 2 aromatic rings. The third-order valence-electron chi connectivity index (χ3n) is 2.86. The van der Waals surface area contributed by atoms with Crippen molar-refractivity contribution in [3.05, 3.63) is 55.9 Å². The molecule has 0 radical (unpaired) electrons. The minimum atomic E-state index is -0.367. The fraction of sp³-hybridized carbons (Fsp3) is 0.214. The molecule has 0 aliphatic heterocycles. The van der Waals surface area contributed by atoms with Crippen molar-refractivity contribution in [1.29, 1.82) is 0 Å². The van der Waals surface area contributed by atoms with Crippen LogP contribution in [0.15, 0.2) is 34.1 Å². The van der Waals surface area contributed by atoms with Gasteiger partial charge in [0.2, 0.25) is 0 Å². The number of hydrogen-bond donors (Lipinski definition) is 0. The van der Waals surface area contributed by atoms with E-state index in [0.29, 0.717) is 16.6 Å². The Morgan fingerprint density at radius 1 is 1.42 bits per heavy atom. The normalized spacial score (nSPS) is 10.5. The number of thiophene rings is 1. The van der Waals surface area contributed by atoms with Gasteiger partial charge in [0.25, 0.3) is 5.91 Å². The Morgan fingerprint density at radius 2 is 2.16 bits per heavy atom. The zero-order chi connectivity index (χ0) is 14.0. The summed E-state index contributed by atoms with van der Waals surface area (Å²) >= 11 is 4.72. The number of benzene rings is 1. The van der Waals surface area contributed by atoms with E-state index in [1.807, 2.05) is 18.4 Å². The van der Waals surface area contributed by atoms with Crippen LogP contribution in [-0.4, -0.2) is 17.9 Å². The van der Waals surface area contributed by atoms with E-state index in [-0.39, 0.29) is 11.7 Å². The first kappa shape index (κ1) is 14.2. The van der Waals surface area contributed by atoms with Crippen LogP contribution in [0.4, 0.5) is 4.39 Å². The van der Waals surface area contributed by atoms with Crippen LogP contribution in [-0.2, 0) is 6.54 Å². The van der Waals surface area contributed by atoms with Crippen LogP contribution in [0, 0.1) is 12.7 Å². The quantitative estimate of drug-likeness (QED) is 0.817. The van der Waals surface area contributed by atoms with Gasteiger partial charge in [-0.15, -0.1) is 11.3 Å². The highest BCUT2D eigenvalue weighted by atomic mass is 79.9. The molecule has 0 aliphatic carbocycles. The number of aryl methyl sites for hydroxylation is 1. The fourth-order valence-electron chi connectivity index (χ4n) is 1.70. The number of nitrogens with zero attached hydrogens (tertiary/aromatic N) is 1. The standard InChI is InChI=1S/C14H13BrFNOS/c1-9-5-6-19-13(9)8-17(2)14(18)10-3-4-12(16)11(15)7-10/h3-7H,8H2,1-2H3. The summed E-state index contributed by atoms with van der Waals surface area (Å²) in [5.41, 5.74) is 1.66. The van der Waals surface area contributed by atoms with Crippen LogP contribution in [0.2, 0.25) is 0 Å². The van der Waals surface area contributed by atoms with Crippen LogP contribution < -0.4 is 0 Å². The van der Waals surface area contributed by atoms with E-state index in [1.54, 1.807) is 23.3 Å². The van der Waals surface area contributed by atoms with E-state index in [2.05, 4.69) is 15.9 Å². The van der Waals surface area contributed by atoms with Crippen LogP contribution in [0.25, 0.3) is 0 Å². The van der Waals surface area contributed by atoms with Crippen molar-refractivity contribution >= 4 is 33.2 Å². The van der Waals surface area contributed by atoms with Crippen LogP contribution in [0.5, 0.6) is 0 Å². The van der Waals surface area contributed by atoms with Gasteiger partial charge in [-0.3, -0.25) is 4.79 Å². The lowest BCUT2D eigenvalue weighted by Gasteiger charge is -2.17. The zero-order valence-corrected chi connectivity index (χ0v) is 13.0. The summed E-state index contributed by atoms with van der Waals surface area (Å²) in [5.74, 6) is -0.484. The fourth-order valence-corrected chi connectivity index (χ4v) is 3.04. The molecule has 100 valence electrons. The smallest absolute Gasteiger partial charge is 0.253 e. The number of rotatable bonds is 3. The minimum absolute atomic E-state index is 0.117. The van der Waals surface area contributed by atoms with E-state index in [0.717, 1.165) is 4.88 Å². The molecule has 1 aromatic carbocycles. The van der Waals surface area contributed by atoms with Crippen LogP contribution in [0.1, 0.15) is 20.8 Å². The van der Waals surface area contributed by atoms with E-state index < -0.39 is 0 Å². The number of carbonyl (C=O) groups excluding carboxylic acids is 1. The van der Waals surface area contributed by atoms with Crippen molar-refractivity contribution in [2.45, 2.75) is 13.5 Å². The lowest BCUT2D eigenvalue weighted by molar-refractivity contribution is 0.0786. The molecule has 0 aliphatic rings. The molecular formula is C14H13BrFNOS. The molecule has 19 heavy (non-hydrogen) atoms. The molecule has 2 rings (SSSR count). The lowest BCUT2D eigenvalue weighted by Crippen LogP contribution is -2.26. The molecule has 0 saturated heterocycles. The maximum atomic E-state index is 13.2. The first-order chi connectivity index (χ1) is 8.99. The molecule has 1 amide bonds. The van der Waals surface area contributed by atoms with Gasteiger partial charge in [-0.05, 0) is 58.1 Å². The highest BCUT2D eigenvalue weighted by molar-refractivity contribution is 9.10.